The molecule has 52 heavy (non-hydrogen) atoms. The highest BCUT2D eigenvalue weighted by Crippen LogP contribution is 2.42. The first kappa shape index (κ1) is 41.8. The second kappa shape index (κ2) is 20.5. The molecule has 2 saturated heterocycles. The summed E-state index contributed by atoms with van der Waals surface area (Å²) in [4.78, 5) is 25.6. The van der Waals surface area contributed by atoms with Gasteiger partial charge in [-0.1, -0.05) is 45.0 Å². The molecule has 14 atom stereocenters. The second-order valence-electron chi connectivity index (χ2n) is 18.4. The van der Waals surface area contributed by atoms with Gasteiger partial charge in [0.25, 0.3) is 0 Å². The highest BCUT2D eigenvalue weighted by atomic mass is 16.5. The van der Waals surface area contributed by atoms with E-state index in [0.717, 1.165) is 90.1 Å². The molecule has 2 saturated carbocycles. The molecule has 2 aliphatic heterocycles. The van der Waals surface area contributed by atoms with Gasteiger partial charge in [0.2, 0.25) is 0 Å². The van der Waals surface area contributed by atoms with Crippen molar-refractivity contribution in [2.45, 2.75) is 172 Å². The van der Waals surface area contributed by atoms with Gasteiger partial charge >= 0.3 is 0 Å². The van der Waals surface area contributed by atoms with Gasteiger partial charge in [-0.2, -0.15) is 0 Å². The van der Waals surface area contributed by atoms with Crippen LogP contribution in [0.25, 0.3) is 0 Å². The molecule has 5 rings (SSSR count). The summed E-state index contributed by atoms with van der Waals surface area (Å²) in [6, 6.07) is 0.484. The molecular formula is C43H75N3O6+2. The standard InChI is InChI=1S/C43H73N3O6/c1-27(2)8-9-33(20-28-18-19-45-43(44)22-28)38(48)16-12-30-11-15-35(40(50)17-13-31-23-42(52-3)41(51)25-36(30)31)39(49)7-5-4-6-29-21-32-10-14-34(47)24-37(32)46-26-29/h27-33,35-39,41-43,45-46,48-49,51H,4-10,12-14,16-26,44H2,1-3H3/p+2. The van der Waals surface area contributed by atoms with Crippen LogP contribution in [-0.4, -0.2) is 83.7 Å². The van der Waals surface area contributed by atoms with Crippen LogP contribution in [0.5, 0.6) is 0 Å². The lowest BCUT2D eigenvalue weighted by molar-refractivity contribution is -0.711. The second-order valence-corrected chi connectivity index (χ2v) is 18.4. The Kier molecular flexibility index (Phi) is 16.5. The first-order valence-corrected chi connectivity index (χ1v) is 21.5. The Labute approximate surface area is 314 Å². The zero-order chi connectivity index (χ0) is 37.2. The molecule has 9 N–H and O–H groups in total. The van der Waals surface area contributed by atoms with Crippen molar-refractivity contribution in [1.82, 2.24) is 0 Å². The molecule has 0 amide bonds. The largest absolute Gasteiger partial charge is 0.393 e. The summed E-state index contributed by atoms with van der Waals surface area (Å²) in [5.74, 6) is 9.58. The summed E-state index contributed by atoms with van der Waals surface area (Å²) in [6.07, 6.45) is 14.5. The van der Waals surface area contributed by atoms with Crippen molar-refractivity contribution in [3.8, 4) is 11.8 Å². The van der Waals surface area contributed by atoms with Gasteiger partial charge in [-0.15, -0.1) is 0 Å². The number of unbranched alkanes of at least 4 members (excludes halogenated alkanes) is 1. The van der Waals surface area contributed by atoms with Gasteiger partial charge in [-0.05, 0) is 107 Å². The predicted octanol–water partition coefficient (Wildman–Crippen LogP) is 3.07. The SMILES string of the molecule is COC1CC2CCC(=O)C(C(O)CCCCC3C[NH2+]C4CC(=O)CCC4C3)C#CC(CCC(O)C(CCC(C)C)CC3CC[NH2+]C(N)C3)C2CC1O. The van der Waals surface area contributed by atoms with E-state index in [9.17, 15) is 24.9 Å². The average molecular weight is 730 g/mol. The quantitative estimate of drug-likeness (QED) is 0.105. The number of methoxy groups -OCH3 is 1. The number of ketones is 2. The van der Waals surface area contributed by atoms with Gasteiger partial charge in [0.1, 0.15) is 23.7 Å². The van der Waals surface area contributed by atoms with Crippen LogP contribution >= 0.6 is 0 Å². The summed E-state index contributed by atoms with van der Waals surface area (Å²) >= 11 is 0. The topological polar surface area (TPSA) is 163 Å². The number of carbonyl (C=O) groups excluding carboxylic acids is 2. The fourth-order valence-corrected chi connectivity index (χ4v) is 10.9. The van der Waals surface area contributed by atoms with Gasteiger partial charge in [0, 0.05) is 44.1 Å². The number of hydrogen-bond donors (Lipinski definition) is 6. The Bertz CT molecular complexity index is 1190. The lowest BCUT2D eigenvalue weighted by atomic mass is 9.67. The number of carbonyl (C=O) groups is 2. The lowest BCUT2D eigenvalue weighted by Gasteiger charge is -2.41. The van der Waals surface area contributed by atoms with Crippen molar-refractivity contribution in [1.29, 1.82) is 0 Å². The molecule has 2 heterocycles. The lowest BCUT2D eigenvalue weighted by Crippen LogP contribution is -2.95. The Hall–Kier alpha value is -1.38. The molecule has 0 aromatic heterocycles. The molecule has 14 unspecified atom stereocenters. The maximum atomic E-state index is 13.7. The third kappa shape index (κ3) is 12.1. The monoisotopic (exact) mass is 730 g/mol. The zero-order valence-electron chi connectivity index (χ0n) is 32.8. The Morgan fingerprint density at radius 3 is 2.46 bits per heavy atom. The van der Waals surface area contributed by atoms with Crippen LogP contribution in [0.2, 0.25) is 0 Å². The molecule has 3 aliphatic carbocycles. The summed E-state index contributed by atoms with van der Waals surface area (Å²) in [7, 11) is 1.66. The maximum absolute atomic E-state index is 13.7. The van der Waals surface area contributed by atoms with E-state index in [0.29, 0.717) is 74.0 Å². The summed E-state index contributed by atoms with van der Waals surface area (Å²) in [6.45, 7) is 6.65. The summed E-state index contributed by atoms with van der Waals surface area (Å²) < 4.78 is 5.68. The van der Waals surface area contributed by atoms with Crippen molar-refractivity contribution < 1.29 is 40.3 Å². The average Bonchev–Trinajstić information content (AvgIpc) is 3.18. The van der Waals surface area contributed by atoms with E-state index < -0.39 is 24.2 Å². The number of rotatable bonds is 16. The van der Waals surface area contributed by atoms with Crippen molar-refractivity contribution in [2.24, 2.45) is 59.0 Å². The number of aliphatic hydroxyl groups excluding tert-OH is 3. The third-order valence-corrected chi connectivity index (χ3v) is 14.2. The summed E-state index contributed by atoms with van der Waals surface area (Å²) in [5, 5.41) is 38.9. The molecule has 0 spiro atoms. The molecule has 0 radical (unpaired) electrons. The van der Waals surface area contributed by atoms with Crippen molar-refractivity contribution in [2.75, 3.05) is 20.2 Å². The molecule has 9 nitrogen and oxygen atoms in total. The Balaban J connectivity index is 1.21. The van der Waals surface area contributed by atoms with E-state index in [4.69, 9.17) is 10.5 Å². The third-order valence-electron chi connectivity index (χ3n) is 14.2. The highest BCUT2D eigenvalue weighted by Gasteiger charge is 2.42. The van der Waals surface area contributed by atoms with Crippen molar-refractivity contribution >= 4 is 11.6 Å². The minimum atomic E-state index is -0.783. The van der Waals surface area contributed by atoms with Crippen molar-refractivity contribution in [3.63, 3.8) is 0 Å². The van der Waals surface area contributed by atoms with E-state index in [1.165, 1.54) is 6.42 Å². The highest BCUT2D eigenvalue weighted by molar-refractivity contribution is 5.84. The summed E-state index contributed by atoms with van der Waals surface area (Å²) in [5.41, 5.74) is 6.30. The number of aliphatic hydroxyl groups is 3. The van der Waals surface area contributed by atoms with Gasteiger partial charge < -0.3 is 30.7 Å². The number of quaternary nitrogens is 2. The van der Waals surface area contributed by atoms with E-state index in [2.05, 4.69) is 36.3 Å². The van der Waals surface area contributed by atoms with Crippen LogP contribution in [0.4, 0.5) is 0 Å². The molecule has 0 aromatic rings. The van der Waals surface area contributed by atoms with Crippen LogP contribution < -0.4 is 16.4 Å². The van der Waals surface area contributed by atoms with Crippen molar-refractivity contribution in [3.05, 3.63) is 0 Å². The number of nitrogens with two attached hydrogens (primary N) is 3. The van der Waals surface area contributed by atoms with E-state index in [1.54, 1.807) is 7.11 Å². The molecule has 5 aliphatic rings. The first-order valence-electron chi connectivity index (χ1n) is 21.5. The fourth-order valence-electron chi connectivity index (χ4n) is 10.9. The van der Waals surface area contributed by atoms with E-state index in [1.807, 2.05) is 0 Å². The number of fused-ring (bicyclic) bond motifs is 2. The molecule has 0 bridgehead atoms. The molecule has 296 valence electrons. The van der Waals surface area contributed by atoms with Crippen LogP contribution in [-0.2, 0) is 14.3 Å². The minimum absolute atomic E-state index is 0.0379. The molecule has 0 aromatic carbocycles. The van der Waals surface area contributed by atoms with Crippen LogP contribution in [0.15, 0.2) is 0 Å². The smallest absolute Gasteiger partial charge is 0.150 e. The molecular weight excluding hydrogens is 654 g/mol. The van der Waals surface area contributed by atoms with Gasteiger partial charge in [-0.25, -0.2) is 0 Å². The van der Waals surface area contributed by atoms with E-state index in [-0.39, 0.29) is 41.7 Å². The predicted molar refractivity (Wildman–Crippen MR) is 202 cm³/mol. The zero-order valence-corrected chi connectivity index (χ0v) is 32.8. The fraction of sp³-hybridized carbons (Fsp3) is 0.907. The van der Waals surface area contributed by atoms with Gasteiger partial charge in [-0.3, -0.25) is 15.3 Å². The number of hydrogen-bond acceptors (Lipinski definition) is 7. The normalized spacial score (nSPS) is 37.4. The first-order chi connectivity index (χ1) is 25.0. The van der Waals surface area contributed by atoms with Crippen LogP contribution in [0.1, 0.15) is 136 Å². The van der Waals surface area contributed by atoms with E-state index >= 15 is 0 Å². The van der Waals surface area contributed by atoms with Gasteiger partial charge in [0.15, 0.2) is 0 Å². The van der Waals surface area contributed by atoms with Crippen LogP contribution in [0.3, 0.4) is 0 Å². The number of piperidine rings is 2. The van der Waals surface area contributed by atoms with Gasteiger partial charge in [0.05, 0.1) is 50.0 Å². The molecule has 4 fully saturated rings. The maximum Gasteiger partial charge on any atom is 0.150 e. The number of Topliss-reactive ketones (excluding diaryl/α,β-unsaturated/α-hetero) is 2. The molecule has 9 heteroatoms. The minimum Gasteiger partial charge on any atom is -0.393 e. The Morgan fingerprint density at radius 1 is 0.885 bits per heavy atom. The van der Waals surface area contributed by atoms with Crippen LogP contribution in [0, 0.1) is 65.1 Å². The number of ether oxygens (including phenoxy) is 1. The Morgan fingerprint density at radius 2 is 1.69 bits per heavy atom.